The second kappa shape index (κ2) is 27.2. The molecule has 1 aliphatic heterocycles. The molecule has 0 saturated heterocycles. The van der Waals surface area contributed by atoms with Gasteiger partial charge in [0.15, 0.2) is 11.7 Å². The van der Waals surface area contributed by atoms with Crippen LogP contribution in [0.3, 0.4) is 0 Å². The van der Waals surface area contributed by atoms with Gasteiger partial charge in [-0.1, -0.05) is 17.6 Å². The molecule has 2 unspecified atom stereocenters. The lowest BCUT2D eigenvalue weighted by atomic mass is 9.76. The van der Waals surface area contributed by atoms with Crippen LogP contribution in [0.25, 0.3) is 10.4 Å². The van der Waals surface area contributed by atoms with E-state index >= 15 is 0 Å². The third-order valence-corrected chi connectivity index (χ3v) is 11.4. The largest absolute Gasteiger partial charge is 0.545 e. The minimum Gasteiger partial charge on any atom is -0.545 e. The average Bonchev–Trinajstić information content (AvgIpc) is 3.32. The molecule has 0 aromatic heterocycles. The smallest absolute Gasteiger partial charge is 0.326 e. The van der Waals surface area contributed by atoms with Crippen LogP contribution in [0.15, 0.2) is 70.3 Å². The van der Waals surface area contributed by atoms with E-state index in [-0.39, 0.29) is 62.5 Å². The summed E-state index contributed by atoms with van der Waals surface area (Å²) in [6.07, 6.45) is 8.21. The molecule has 0 bridgehead atoms. The summed E-state index contributed by atoms with van der Waals surface area (Å²) in [7, 11) is 7.61. The SMILES string of the molecule is CN(C)c1ccc2c(c1)C(c1cc(C(=O)NCCCC[C@H](NC(=O)CCCCCNC(=O)CNC(=O)[C@H](CCCN=C(N)N)NC(=O)CN=[N+]=[N-])C(=O)O)ccc1C(=O)[O-])C1=CC(=[N+](C)C)C=CC1O2. The van der Waals surface area contributed by atoms with Gasteiger partial charge in [0, 0.05) is 85.5 Å². The van der Waals surface area contributed by atoms with Crippen LogP contribution in [0.5, 0.6) is 5.75 Å². The van der Waals surface area contributed by atoms with E-state index < -0.39 is 72.1 Å². The maximum absolute atomic E-state index is 13.5. The number of unbranched alkanes of at least 4 members (excludes halogenated alkanes) is 3. The summed E-state index contributed by atoms with van der Waals surface area (Å²) in [5.74, 6) is -5.43. The molecule has 5 amide bonds. The number of ether oxygens (including phenoxy) is 1. The summed E-state index contributed by atoms with van der Waals surface area (Å²) in [4.78, 5) is 96.2. The summed E-state index contributed by atoms with van der Waals surface area (Å²) in [5.41, 5.74) is 22.9. The number of aliphatic imine (C=N–C) groups is 1. The minimum absolute atomic E-state index is 0.0541. The Morgan fingerprint density at radius 3 is 2.27 bits per heavy atom. The predicted molar refractivity (Wildman–Crippen MR) is 258 cm³/mol. The van der Waals surface area contributed by atoms with Gasteiger partial charge in [-0.2, -0.15) is 0 Å². The zero-order valence-corrected chi connectivity index (χ0v) is 39.9. The highest BCUT2D eigenvalue weighted by molar-refractivity contribution is 6.03. The topological polar surface area (TPSA) is 352 Å². The summed E-state index contributed by atoms with van der Waals surface area (Å²) < 4.78 is 8.33. The van der Waals surface area contributed by atoms with Crippen LogP contribution in [0.4, 0.5) is 5.69 Å². The molecule has 0 fully saturated rings. The average molecular weight is 970 g/mol. The summed E-state index contributed by atoms with van der Waals surface area (Å²) in [5, 5.41) is 38.5. The van der Waals surface area contributed by atoms with Gasteiger partial charge in [-0.05, 0) is 98.0 Å². The maximum atomic E-state index is 13.5. The van der Waals surface area contributed by atoms with Crippen molar-refractivity contribution in [3.05, 3.63) is 92.9 Å². The molecule has 23 nitrogen and oxygen atoms in total. The van der Waals surface area contributed by atoms with Gasteiger partial charge in [-0.15, -0.1) is 0 Å². The first kappa shape index (κ1) is 54.7. The Kier molecular flexibility index (Phi) is 21.2. The lowest BCUT2D eigenvalue weighted by Gasteiger charge is -2.36. The number of anilines is 1. The predicted octanol–water partition coefficient (Wildman–Crippen LogP) is 0.329. The highest BCUT2D eigenvalue weighted by Crippen LogP contribution is 2.47. The fourth-order valence-corrected chi connectivity index (χ4v) is 7.75. The molecule has 70 heavy (non-hydrogen) atoms. The van der Waals surface area contributed by atoms with Crippen LogP contribution in [0, 0.1) is 0 Å². The quantitative estimate of drug-likeness (QED) is 0.0114. The number of nitrogens with one attached hydrogen (secondary N) is 5. The Bertz CT molecular complexity index is 2440. The molecule has 2 aromatic rings. The molecular formula is C47H63N13O10. The van der Waals surface area contributed by atoms with Gasteiger partial charge in [0.2, 0.25) is 23.6 Å². The molecule has 10 N–H and O–H groups in total. The Hall–Kier alpha value is -7.94. The molecule has 23 heteroatoms. The molecule has 4 atom stereocenters. The number of benzene rings is 2. The second-order valence-corrected chi connectivity index (χ2v) is 17.0. The zero-order chi connectivity index (χ0) is 51.3. The highest BCUT2D eigenvalue weighted by atomic mass is 16.5. The number of aliphatic carboxylic acids is 1. The Balaban J connectivity index is 1.22. The van der Waals surface area contributed by atoms with E-state index in [4.69, 9.17) is 21.7 Å². The Morgan fingerprint density at radius 1 is 0.871 bits per heavy atom. The highest BCUT2D eigenvalue weighted by Gasteiger charge is 2.37. The molecule has 2 aromatic carbocycles. The first-order chi connectivity index (χ1) is 33.4. The van der Waals surface area contributed by atoms with Crippen LogP contribution < -0.4 is 52.8 Å². The molecule has 0 radical (unpaired) electrons. The molecule has 2 aliphatic rings. The number of hydrogen-bond acceptors (Lipinski definition) is 12. The number of amides is 5. The van der Waals surface area contributed by atoms with Crippen LogP contribution in [-0.4, -0.2) is 142 Å². The standard InChI is InChI=1S/C47H63N13O10/c1-59(2)29-15-18-37-33(24-29)42(34-25-30(60(3)4)16-19-38(34)70-37)32-23-28(14-17-31(32)45(66)67)43(64)52-21-9-7-11-36(46(68)69)57-39(61)13-6-5-8-20-51-40(62)26-54-44(65)35(12-10-22-53-47(48)49)56-41(63)27-55-58-50/h14-19,23-25,35-37,42H,5-13,20-22,26-27H2,1-4H3,(H10-,48,49,51,52,53,54,56,57,61,62,63,64,65,66,67,68,69)/t35-,36-,37?,42?/m0/s1. The lowest BCUT2D eigenvalue weighted by Crippen LogP contribution is -2.49. The number of rotatable bonds is 27. The van der Waals surface area contributed by atoms with E-state index in [1.54, 1.807) is 6.07 Å². The van der Waals surface area contributed by atoms with Gasteiger partial charge in [-0.25, -0.2) is 9.37 Å². The number of aromatic carboxylic acids is 1. The molecule has 1 aliphatic carbocycles. The zero-order valence-electron chi connectivity index (χ0n) is 39.9. The number of fused-ring (bicyclic) bond motifs is 2. The van der Waals surface area contributed by atoms with Crippen molar-refractivity contribution >= 4 is 58.8 Å². The molecule has 376 valence electrons. The molecular weight excluding hydrogens is 907 g/mol. The number of allylic oxidation sites excluding steroid dienone is 2. The second-order valence-electron chi connectivity index (χ2n) is 17.0. The van der Waals surface area contributed by atoms with Crippen LogP contribution in [-0.2, 0) is 24.0 Å². The number of azide groups is 1. The molecule has 1 heterocycles. The summed E-state index contributed by atoms with van der Waals surface area (Å²) in [6.45, 7) is -0.254. The monoisotopic (exact) mass is 969 g/mol. The van der Waals surface area contributed by atoms with Crippen molar-refractivity contribution in [2.75, 3.05) is 65.8 Å². The number of carbonyl (C=O) groups excluding carboxylic acids is 6. The molecule has 0 spiro atoms. The third-order valence-electron chi connectivity index (χ3n) is 11.4. The number of carbonyl (C=O) groups is 7. The van der Waals surface area contributed by atoms with E-state index in [0.717, 1.165) is 22.5 Å². The number of carboxylic acid groups (broad SMARTS) is 2. The fraction of sp³-hybridized carbons (Fsp3) is 0.468. The summed E-state index contributed by atoms with van der Waals surface area (Å²) in [6, 6.07) is 7.92. The van der Waals surface area contributed by atoms with Crippen molar-refractivity contribution in [3.8, 4) is 5.75 Å². The van der Waals surface area contributed by atoms with Gasteiger partial charge in [0.1, 0.15) is 44.6 Å². The van der Waals surface area contributed by atoms with Crippen LogP contribution in [0.2, 0.25) is 0 Å². The normalized spacial score (nSPS) is 15.1. The van der Waals surface area contributed by atoms with E-state index in [2.05, 4.69) is 41.6 Å². The first-order valence-electron chi connectivity index (χ1n) is 22.9. The number of nitrogens with zero attached hydrogens (tertiary/aromatic N) is 6. The number of carboxylic acids is 2. The summed E-state index contributed by atoms with van der Waals surface area (Å²) >= 11 is 0. The third kappa shape index (κ3) is 16.7. The molecule has 0 saturated carbocycles. The lowest BCUT2D eigenvalue weighted by molar-refractivity contribution is -0.462. The van der Waals surface area contributed by atoms with Gasteiger partial charge < -0.3 is 62.7 Å². The Labute approximate surface area is 405 Å². The number of nitrogens with two attached hydrogens (primary N) is 2. The van der Waals surface area contributed by atoms with E-state index in [9.17, 15) is 43.8 Å². The van der Waals surface area contributed by atoms with Crippen molar-refractivity contribution in [1.82, 2.24) is 26.6 Å². The van der Waals surface area contributed by atoms with Crippen molar-refractivity contribution in [2.45, 2.75) is 81.9 Å². The van der Waals surface area contributed by atoms with Crippen molar-refractivity contribution in [3.63, 3.8) is 0 Å². The fourth-order valence-electron chi connectivity index (χ4n) is 7.75. The van der Waals surface area contributed by atoms with Gasteiger partial charge >= 0.3 is 5.97 Å². The van der Waals surface area contributed by atoms with Crippen molar-refractivity contribution in [1.29, 1.82) is 0 Å². The van der Waals surface area contributed by atoms with E-state index in [1.807, 2.05) is 74.1 Å². The number of guanidine groups is 1. The van der Waals surface area contributed by atoms with E-state index in [1.165, 1.54) is 12.1 Å². The van der Waals surface area contributed by atoms with E-state index in [0.29, 0.717) is 49.8 Å². The van der Waals surface area contributed by atoms with Crippen LogP contribution in [0.1, 0.15) is 95.5 Å². The van der Waals surface area contributed by atoms with Crippen LogP contribution >= 0.6 is 0 Å². The minimum atomic E-state index is -1.39. The molecule has 4 rings (SSSR count). The Morgan fingerprint density at radius 2 is 1.59 bits per heavy atom. The van der Waals surface area contributed by atoms with Gasteiger partial charge in [0.05, 0.1) is 12.5 Å². The first-order valence-corrected chi connectivity index (χ1v) is 22.9. The number of hydrogen-bond donors (Lipinski definition) is 8. The van der Waals surface area contributed by atoms with Gasteiger partial charge in [0.25, 0.3) is 5.91 Å². The maximum Gasteiger partial charge on any atom is 0.326 e. The van der Waals surface area contributed by atoms with Gasteiger partial charge in [-0.3, -0.25) is 29.0 Å². The van der Waals surface area contributed by atoms with Crippen molar-refractivity contribution < 1.29 is 53.1 Å². The van der Waals surface area contributed by atoms with Crippen molar-refractivity contribution in [2.24, 2.45) is 21.6 Å².